The Morgan fingerprint density at radius 1 is 1.00 bits per heavy atom. The van der Waals surface area contributed by atoms with Crippen LogP contribution in [0.1, 0.15) is 57.1 Å². The maximum Gasteiger partial charge on any atom is 0.151 e. The summed E-state index contributed by atoms with van der Waals surface area (Å²) in [4.78, 5) is 2.53. The van der Waals surface area contributed by atoms with E-state index in [1.54, 1.807) is 0 Å². The van der Waals surface area contributed by atoms with Crippen LogP contribution in [-0.4, -0.2) is 28.8 Å². The van der Waals surface area contributed by atoms with E-state index < -0.39 is 0 Å². The molecular formula is C17H26N4. The van der Waals surface area contributed by atoms with Crippen LogP contribution in [0, 0.1) is 5.92 Å². The summed E-state index contributed by atoms with van der Waals surface area (Å²) in [6.07, 6.45) is 11.0. The summed E-state index contributed by atoms with van der Waals surface area (Å²) in [7, 11) is 0. The van der Waals surface area contributed by atoms with Gasteiger partial charge in [-0.05, 0) is 56.6 Å². The SMILES string of the molecule is c1cc(N2CCCC2C2CCCC2)nnc1CNC1CC1. The quantitative estimate of drug-likeness (QED) is 0.903. The van der Waals surface area contributed by atoms with Crippen molar-refractivity contribution in [2.75, 3.05) is 11.4 Å². The Bertz CT molecular complexity index is 462. The number of nitrogens with one attached hydrogen (secondary N) is 1. The Kier molecular flexibility index (Phi) is 3.80. The van der Waals surface area contributed by atoms with Gasteiger partial charge < -0.3 is 10.2 Å². The highest BCUT2D eigenvalue weighted by Crippen LogP contribution is 2.37. The number of nitrogens with zero attached hydrogens (tertiary/aromatic N) is 3. The molecular weight excluding hydrogens is 260 g/mol. The predicted octanol–water partition coefficient (Wildman–Crippen LogP) is 2.89. The minimum absolute atomic E-state index is 0.720. The standard InChI is InChI=1S/C17H26N4/c1-2-5-13(4-1)16-6-3-11-21(16)17-10-9-15(19-20-17)12-18-14-7-8-14/h9-10,13-14,16,18H,1-8,11-12H2. The zero-order valence-corrected chi connectivity index (χ0v) is 12.8. The molecule has 114 valence electrons. The number of rotatable bonds is 5. The topological polar surface area (TPSA) is 41.1 Å². The third-order valence-electron chi connectivity index (χ3n) is 5.39. The molecule has 1 aromatic rings. The summed E-state index contributed by atoms with van der Waals surface area (Å²) >= 11 is 0. The van der Waals surface area contributed by atoms with Gasteiger partial charge in [0.05, 0.1) is 5.69 Å². The van der Waals surface area contributed by atoms with Gasteiger partial charge in [0.15, 0.2) is 5.82 Å². The van der Waals surface area contributed by atoms with E-state index in [1.807, 2.05) is 0 Å². The molecule has 4 heteroatoms. The van der Waals surface area contributed by atoms with E-state index in [-0.39, 0.29) is 0 Å². The van der Waals surface area contributed by atoms with Gasteiger partial charge in [0.2, 0.25) is 0 Å². The van der Waals surface area contributed by atoms with E-state index in [0.29, 0.717) is 0 Å². The van der Waals surface area contributed by atoms with Gasteiger partial charge in [-0.3, -0.25) is 0 Å². The lowest BCUT2D eigenvalue weighted by Gasteiger charge is -2.30. The second kappa shape index (κ2) is 5.91. The second-order valence-electron chi connectivity index (χ2n) is 6.99. The maximum absolute atomic E-state index is 4.52. The summed E-state index contributed by atoms with van der Waals surface area (Å²) in [5.41, 5.74) is 1.07. The molecule has 2 saturated carbocycles. The van der Waals surface area contributed by atoms with E-state index in [1.165, 1.54) is 51.4 Å². The third kappa shape index (κ3) is 3.05. The first-order valence-electron chi connectivity index (χ1n) is 8.73. The van der Waals surface area contributed by atoms with Crippen LogP contribution in [-0.2, 0) is 6.54 Å². The first kappa shape index (κ1) is 13.5. The highest BCUT2D eigenvalue weighted by Gasteiger charge is 2.34. The van der Waals surface area contributed by atoms with Crippen LogP contribution in [0.15, 0.2) is 12.1 Å². The number of aromatic nitrogens is 2. The van der Waals surface area contributed by atoms with Crippen LogP contribution in [0.4, 0.5) is 5.82 Å². The first-order valence-corrected chi connectivity index (χ1v) is 8.73. The van der Waals surface area contributed by atoms with Crippen LogP contribution < -0.4 is 10.2 Å². The molecule has 2 heterocycles. The van der Waals surface area contributed by atoms with Crippen molar-refractivity contribution in [2.45, 2.75) is 70.0 Å². The van der Waals surface area contributed by atoms with Gasteiger partial charge >= 0.3 is 0 Å². The number of hydrogen-bond donors (Lipinski definition) is 1. The molecule has 0 radical (unpaired) electrons. The molecule has 0 spiro atoms. The molecule has 1 unspecified atom stereocenters. The smallest absolute Gasteiger partial charge is 0.151 e. The monoisotopic (exact) mass is 286 g/mol. The highest BCUT2D eigenvalue weighted by atomic mass is 15.3. The van der Waals surface area contributed by atoms with Crippen LogP contribution in [0.25, 0.3) is 0 Å². The molecule has 3 fully saturated rings. The van der Waals surface area contributed by atoms with Crippen molar-refractivity contribution in [1.82, 2.24) is 15.5 Å². The van der Waals surface area contributed by atoms with E-state index in [9.17, 15) is 0 Å². The zero-order valence-electron chi connectivity index (χ0n) is 12.8. The van der Waals surface area contributed by atoms with E-state index in [4.69, 9.17) is 0 Å². The van der Waals surface area contributed by atoms with E-state index in [2.05, 4.69) is 32.5 Å². The molecule has 1 atom stereocenters. The van der Waals surface area contributed by atoms with E-state index in [0.717, 1.165) is 42.6 Å². The van der Waals surface area contributed by atoms with Gasteiger partial charge in [-0.25, -0.2) is 0 Å². The Morgan fingerprint density at radius 2 is 1.86 bits per heavy atom. The molecule has 0 amide bonds. The summed E-state index contributed by atoms with van der Waals surface area (Å²) in [5.74, 6) is 1.99. The van der Waals surface area contributed by atoms with Gasteiger partial charge in [0.25, 0.3) is 0 Å². The Labute approximate surface area is 127 Å². The largest absolute Gasteiger partial charge is 0.352 e. The Balaban J connectivity index is 1.41. The van der Waals surface area contributed by atoms with Gasteiger partial charge in [0, 0.05) is 25.2 Å². The van der Waals surface area contributed by atoms with Crippen molar-refractivity contribution < 1.29 is 0 Å². The summed E-state index contributed by atoms with van der Waals surface area (Å²) < 4.78 is 0. The number of anilines is 1. The molecule has 2 aliphatic carbocycles. The maximum atomic E-state index is 4.52. The molecule has 3 aliphatic rings. The Morgan fingerprint density at radius 3 is 2.57 bits per heavy atom. The van der Waals surface area contributed by atoms with Gasteiger partial charge in [-0.15, -0.1) is 5.10 Å². The molecule has 21 heavy (non-hydrogen) atoms. The van der Waals surface area contributed by atoms with Gasteiger partial charge in [-0.1, -0.05) is 12.8 Å². The van der Waals surface area contributed by atoms with Crippen LogP contribution in [0.2, 0.25) is 0 Å². The second-order valence-corrected chi connectivity index (χ2v) is 6.99. The van der Waals surface area contributed by atoms with Crippen LogP contribution in [0.5, 0.6) is 0 Å². The van der Waals surface area contributed by atoms with Crippen LogP contribution in [0.3, 0.4) is 0 Å². The fraction of sp³-hybridized carbons (Fsp3) is 0.765. The summed E-state index contributed by atoms with van der Waals surface area (Å²) in [6.45, 7) is 2.03. The third-order valence-corrected chi connectivity index (χ3v) is 5.39. The molecule has 4 rings (SSSR count). The molecule has 0 bridgehead atoms. The van der Waals surface area contributed by atoms with E-state index >= 15 is 0 Å². The van der Waals surface area contributed by atoms with Crippen molar-refractivity contribution in [1.29, 1.82) is 0 Å². The normalized spacial score (nSPS) is 26.7. The minimum Gasteiger partial charge on any atom is -0.352 e. The first-order chi connectivity index (χ1) is 10.4. The lowest BCUT2D eigenvalue weighted by Crippen LogP contribution is -2.35. The Hall–Kier alpha value is -1.16. The predicted molar refractivity (Wildman–Crippen MR) is 84.2 cm³/mol. The fourth-order valence-electron chi connectivity index (χ4n) is 4.05. The lowest BCUT2D eigenvalue weighted by molar-refractivity contribution is 0.428. The molecule has 1 saturated heterocycles. The molecule has 1 aliphatic heterocycles. The fourth-order valence-corrected chi connectivity index (χ4v) is 4.05. The zero-order chi connectivity index (χ0) is 14.1. The van der Waals surface area contributed by atoms with Crippen LogP contribution >= 0.6 is 0 Å². The average molecular weight is 286 g/mol. The highest BCUT2D eigenvalue weighted by molar-refractivity contribution is 5.40. The molecule has 0 aromatic carbocycles. The van der Waals surface area contributed by atoms with Crippen molar-refractivity contribution in [3.63, 3.8) is 0 Å². The lowest BCUT2D eigenvalue weighted by atomic mass is 9.96. The molecule has 1 aromatic heterocycles. The van der Waals surface area contributed by atoms with Crippen molar-refractivity contribution in [3.05, 3.63) is 17.8 Å². The molecule has 4 nitrogen and oxygen atoms in total. The van der Waals surface area contributed by atoms with Gasteiger partial charge in [-0.2, -0.15) is 5.10 Å². The average Bonchev–Trinajstić information content (AvgIpc) is 3.01. The number of hydrogen-bond acceptors (Lipinski definition) is 4. The summed E-state index contributed by atoms with van der Waals surface area (Å²) in [5, 5.41) is 12.4. The van der Waals surface area contributed by atoms with Crippen molar-refractivity contribution in [3.8, 4) is 0 Å². The summed E-state index contributed by atoms with van der Waals surface area (Å²) in [6, 6.07) is 5.79. The van der Waals surface area contributed by atoms with Crippen molar-refractivity contribution in [2.24, 2.45) is 5.92 Å². The molecule has 1 N–H and O–H groups in total. The van der Waals surface area contributed by atoms with Crippen molar-refractivity contribution >= 4 is 5.82 Å². The van der Waals surface area contributed by atoms with Gasteiger partial charge in [0.1, 0.15) is 0 Å². The minimum atomic E-state index is 0.720.